The van der Waals surface area contributed by atoms with E-state index in [0.717, 1.165) is 33.5 Å². The molecule has 2 nitrogen and oxygen atoms in total. The van der Waals surface area contributed by atoms with Gasteiger partial charge in [0.25, 0.3) is 0 Å². The maximum Gasteiger partial charge on any atom is 0.161 e. The minimum atomic E-state index is -0.0752. The summed E-state index contributed by atoms with van der Waals surface area (Å²) >= 11 is 0. The first-order valence-electron chi connectivity index (χ1n) is 19.7. The lowest BCUT2D eigenvalue weighted by molar-refractivity contribution is 0.661. The van der Waals surface area contributed by atoms with Crippen molar-refractivity contribution in [2.45, 2.75) is 19.3 Å². The highest BCUT2D eigenvalue weighted by molar-refractivity contribution is 6.07. The van der Waals surface area contributed by atoms with Crippen molar-refractivity contribution in [2.75, 3.05) is 0 Å². The molecule has 1 aliphatic rings. The predicted octanol–water partition coefficient (Wildman–Crippen LogP) is 14.6. The van der Waals surface area contributed by atoms with Crippen molar-refractivity contribution < 1.29 is 0 Å². The Morgan fingerprint density at radius 1 is 0.333 bits per heavy atom. The summed E-state index contributed by atoms with van der Waals surface area (Å²) in [5, 5.41) is 7.39. The smallest absolute Gasteiger partial charge is 0.161 e. The molecule has 1 heterocycles. The summed E-state index contributed by atoms with van der Waals surface area (Å²) in [4.78, 5) is 10.6. The molecule has 0 bridgehead atoms. The Morgan fingerprint density at radius 3 is 1.61 bits per heavy atom. The zero-order valence-corrected chi connectivity index (χ0v) is 31.9. The van der Waals surface area contributed by atoms with E-state index < -0.39 is 0 Å². The maximum absolute atomic E-state index is 5.31. The lowest BCUT2D eigenvalue weighted by Crippen LogP contribution is -2.14. The van der Waals surface area contributed by atoms with Gasteiger partial charge in [0.15, 0.2) is 5.82 Å². The summed E-state index contributed by atoms with van der Waals surface area (Å²) in [5.41, 5.74) is 15.1. The Morgan fingerprint density at radius 2 is 0.860 bits per heavy atom. The van der Waals surface area contributed by atoms with Gasteiger partial charge in [-0.15, -0.1) is 0 Å². The zero-order valence-electron chi connectivity index (χ0n) is 31.9. The zero-order chi connectivity index (χ0) is 38.1. The molecule has 0 radical (unpaired) electrons. The monoisotopic (exact) mass is 726 g/mol. The van der Waals surface area contributed by atoms with Crippen LogP contribution >= 0.6 is 0 Å². The minimum Gasteiger partial charge on any atom is -0.228 e. The third-order valence-electron chi connectivity index (χ3n) is 12.1. The van der Waals surface area contributed by atoms with Gasteiger partial charge >= 0.3 is 0 Å². The Bertz CT molecular complexity index is 3190. The summed E-state index contributed by atoms with van der Waals surface area (Å²) in [7, 11) is 0. The largest absolute Gasteiger partial charge is 0.228 e. The SMILES string of the molecule is CC1(C)c2ccc(-c3ccc(-c4nc(-c5ccccc5)cc(-c5ccc(-c6cccc7ccccc67)cc5)n4)c4ccccc34)cc2-c2c1ccc1ccccc21. The van der Waals surface area contributed by atoms with Crippen LogP contribution in [0.1, 0.15) is 25.0 Å². The number of rotatable bonds is 5. The van der Waals surface area contributed by atoms with Crippen LogP contribution in [0, 0.1) is 0 Å². The molecule has 0 unspecified atom stereocenters. The molecule has 0 amide bonds. The second kappa shape index (κ2) is 13.0. The van der Waals surface area contributed by atoms with E-state index in [1.54, 1.807) is 0 Å². The normalized spacial score (nSPS) is 12.9. The van der Waals surface area contributed by atoms with E-state index >= 15 is 0 Å². The Hall–Kier alpha value is -7.16. The molecule has 57 heavy (non-hydrogen) atoms. The van der Waals surface area contributed by atoms with Crippen molar-refractivity contribution in [3.63, 3.8) is 0 Å². The van der Waals surface area contributed by atoms with Crippen LogP contribution < -0.4 is 0 Å². The van der Waals surface area contributed by atoms with Gasteiger partial charge < -0.3 is 0 Å². The summed E-state index contributed by atoms with van der Waals surface area (Å²) in [5.74, 6) is 0.711. The molecule has 10 aromatic rings. The van der Waals surface area contributed by atoms with E-state index in [4.69, 9.17) is 9.97 Å². The quantitative estimate of drug-likeness (QED) is 0.176. The van der Waals surface area contributed by atoms with Crippen LogP contribution in [0.25, 0.3) is 99.6 Å². The molecule has 268 valence electrons. The summed E-state index contributed by atoms with van der Waals surface area (Å²) in [6.45, 7) is 4.71. The number of aromatic nitrogens is 2. The van der Waals surface area contributed by atoms with Gasteiger partial charge in [-0.1, -0.05) is 190 Å². The van der Waals surface area contributed by atoms with Crippen molar-refractivity contribution in [3.8, 4) is 67.3 Å². The number of nitrogens with zero attached hydrogens (tertiary/aromatic N) is 2. The first-order valence-corrected chi connectivity index (χ1v) is 19.7. The third kappa shape index (κ3) is 5.40. The van der Waals surface area contributed by atoms with E-state index in [-0.39, 0.29) is 5.41 Å². The fraction of sp³-hybridized carbons (Fsp3) is 0.0545. The van der Waals surface area contributed by atoms with Gasteiger partial charge in [0.05, 0.1) is 11.4 Å². The fourth-order valence-electron chi connectivity index (χ4n) is 9.21. The van der Waals surface area contributed by atoms with Crippen molar-refractivity contribution in [1.82, 2.24) is 9.97 Å². The van der Waals surface area contributed by atoms with Gasteiger partial charge in [-0.25, -0.2) is 9.97 Å². The van der Waals surface area contributed by atoms with E-state index in [1.165, 1.54) is 71.4 Å². The van der Waals surface area contributed by atoms with Crippen molar-refractivity contribution in [2.24, 2.45) is 0 Å². The van der Waals surface area contributed by atoms with Gasteiger partial charge in [-0.3, -0.25) is 0 Å². The van der Waals surface area contributed by atoms with E-state index in [2.05, 4.69) is 202 Å². The van der Waals surface area contributed by atoms with Crippen molar-refractivity contribution in [1.29, 1.82) is 0 Å². The summed E-state index contributed by atoms with van der Waals surface area (Å²) < 4.78 is 0. The predicted molar refractivity (Wildman–Crippen MR) is 239 cm³/mol. The highest BCUT2D eigenvalue weighted by Gasteiger charge is 2.36. The van der Waals surface area contributed by atoms with Crippen molar-refractivity contribution >= 4 is 32.3 Å². The Kier molecular flexibility index (Phi) is 7.55. The maximum atomic E-state index is 5.31. The first-order chi connectivity index (χ1) is 28.0. The second-order valence-corrected chi connectivity index (χ2v) is 15.7. The van der Waals surface area contributed by atoms with Gasteiger partial charge in [0.1, 0.15) is 0 Å². The molecular formula is C55H38N2. The standard InChI is InChI=1S/C55H38N2/c1-55(2)49-31-28-40(33-48(49)53-44-19-9-7-14-36(44)27-32-50(53)55)43-29-30-47(46-21-11-10-20-45(43)46)54-56-51(38-15-4-3-5-16-38)34-52(57-54)39-25-23-37(24-26-39)42-22-12-17-35-13-6-8-18-41(35)42/h3-34H,1-2H3. The molecule has 2 heteroatoms. The molecular weight excluding hydrogens is 689 g/mol. The van der Waals surface area contributed by atoms with Crippen LogP contribution in [-0.4, -0.2) is 9.97 Å². The molecule has 0 saturated heterocycles. The van der Waals surface area contributed by atoms with Crippen LogP contribution in [0.3, 0.4) is 0 Å². The molecule has 9 aromatic carbocycles. The van der Waals surface area contributed by atoms with Crippen molar-refractivity contribution in [3.05, 3.63) is 205 Å². The fourth-order valence-corrected chi connectivity index (χ4v) is 9.21. The lowest BCUT2D eigenvalue weighted by atomic mass is 9.81. The van der Waals surface area contributed by atoms with Gasteiger partial charge in [0.2, 0.25) is 0 Å². The first kappa shape index (κ1) is 33.2. The molecule has 1 aliphatic carbocycles. The van der Waals surface area contributed by atoms with E-state index in [1.807, 2.05) is 6.07 Å². The molecule has 0 saturated carbocycles. The van der Waals surface area contributed by atoms with Crippen LogP contribution in [0.15, 0.2) is 194 Å². The van der Waals surface area contributed by atoms with Gasteiger partial charge in [-0.05, 0) is 95.0 Å². The molecule has 11 rings (SSSR count). The van der Waals surface area contributed by atoms with Gasteiger partial charge in [-0.2, -0.15) is 0 Å². The van der Waals surface area contributed by atoms with Crippen LogP contribution in [-0.2, 0) is 5.41 Å². The van der Waals surface area contributed by atoms with Crippen LogP contribution in [0.2, 0.25) is 0 Å². The summed E-state index contributed by atoms with van der Waals surface area (Å²) in [6.07, 6.45) is 0. The lowest BCUT2D eigenvalue weighted by Gasteiger charge is -2.21. The highest BCUT2D eigenvalue weighted by atomic mass is 14.9. The number of benzene rings is 9. The third-order valence-corrected chi connectivity index (χ3v) is 12.1. The molecule has 1 aromatic heterocycles. The van der Waals surface area contributed by atoms with Gasteiger partial charge in [0, 0.05) is 22.1 Å². The number of fused-ring (bicyclic) bond motifs is 7. The number of hydrogen-bond acceptors (Lipinski definition) is 2. The van der Waals surface area contributed by atoms with Crippen LogP contribution in [0.4, 0.5) is 0 Å². The molecule has 0 fully saturated rings. The Balaban J connectivity index is 1.04. The number of hydrogen-bond donors (Lipinski definition) is 0. The highest BCUT2D eigenvalue weighted by Crippen LogP contribution is 2.52. The molecule has 0 atom stereocenters. The average molecular weight is 727 g/mol. The van der Waals surface area contributed by atoms with E-state index in [9.17, 15) is 0 Å². The topological polar surface area (TPSA) is 25.8 Å². The summed E-state index contributed by atoms with van der Waals surface area (Å²) in [6, 6.07) is 70.1. The molecule has 0 aliphatic heterocycles. The second-order valence-electron chi connectivity index (χ2n) is 15.7. The molecule has 0 N–H and O–H groups in total. The van der Waals surface area contributed by atoms with E-state index in [0.29, 0.717) is 5.82 Å². The molecule has 0 spiro atoms. The average Bonchev–Trinajstić information content (AvgIpc) is 3.51. The minimum absolute atomic E-state index is 0.0752. The Labute approximate surface area is 332 Å². The van der Waals surface area contributed by atoms with Crippen LogP contribution in [0.5, 0.6) is 0 Å².